The predicted octanol–water partition coefficient (Wildman–Crippen LogP) is 1.59. The van der Waals surface area contributed by atoms with Crippen LogP contribution in [0.4, 0.5) is 6.01 Å². The third kappa shape index (κ3) is 3.48. The molecule has 1 rings (SSSR count). The highest BCUT2D eigenvalue weighted by molar-refractivity contribution is 5.87. The van der Waals surface area contributed by atoms with Crippen molar-refractivity contribution in [1.82, 2.24) is 4.98 Å². The highest BCUT2D eigenvalue weighted by atomic mass is 16.5. The van der Waals surface area contributed by atoms with E-state index in [2.05, 4.69) is 4.98 Å². The summed E-state index contributed by atoms with van der Waals surface area (Å²) in [6.45, 7) is 5.13. The number of carbonyl (C=O) groups is 1. The van der Waals surface area contributed by atoms with Crippen molar-refractivity contribution in [2.24, 2.45) is 0 Å². The number of nitriles is 1. The number of rotatable bonds is 6. The maximum atomic E-state index is 11.4. The van der Waals surface area contributed by atoms with E-state index in [0.29, 0.717) is 32.1 Å². The second-order valence-electron chi connectivity index (χ2n) is 3.22. The molecule has 1 aromatic heterocycles. The van der Waals surface area contributed by atoms with Crippen LogP contribution in [-0.2, 0) is 4.74 Å². The van der Waals surface area contributed by atoms with Crippen LogP contribution < -0.4 is 4.90 Å². The van der Waals surface area contributed by atoms with Crippen molar-refractivity contribution in [3.8, 4) is 6.07 Å². The molecule has 1 heterocycles. The van der Waals surface area contributed by atoms with Gasteiger partial charge in [-0.25, -0.2) is 4.79 Å². The van der Waals surface area contributed by atoms with Crippen LogP contribution in [0, 0.1) is 11.3 Å². The average Bonchev–Trinajstić information content (AvgIpc) is 2.80. The number of nitrogens with zero attached hydrogens (tertiary/aromatic N) is 3. The molecule has 0 unspecified atom stereocenters. The molecule has 0 aliphatic heterocycles. The van der Waals surface area contributed by atoms with Crippen LogP contribution >= 0.6 is 0 Å². The van der Waals surface area contributed by atoms with Crippen molar-refractivity contribution in [3.63, 3.8) is 0 Å². The molecule has 6 nitrogen and oxygen atoms in total. The third-order valence-electron chi connectivity index (χ3n) is 2.12. The molecule has 0 aliphatic rings. The first-order valence-electron chi connectivity index (χ1n) is 5.47. The van der Waals surface area contributed by atoms with E-state index in [4.69, 9.17) is 14.4 Å². The zero-order valence-corrected chi connectivity index (χ0v) is 9.97. The fourth-order valence-corrected chi connectivity index (χ4v) is 1.28. The first kappa shape index (κ1) is 13.0. The first-order valence-corrected chi connectivity index (χ1v) is 5.47. The van der Waals surface area contributed by atoms with Gasteiger partial charge in [0.05, 0.1) is 19.1 Å². The largest absolute Gasteiger partial charge is 0.461 e. The van der Waals surface area contributed by atoms with Crippen molar-refractivity contribution in [2.75, 3.05) is 24.6 Å². The standard InChI is InChI=1S/C11H15N3O3/c1-3-14(7-5-6-12)11-13-9(8-17-11)10(15)16-4-2/h8H,3-5,7H2,1-2H3. The van der Waals surface area contributed by atoms with Crippen molar-refractivity contribution in [2.45, 2.75) is 20.3 Å². The summed E-state index contributed by atoms with van der Waals surface area (Å²) in [5, 5.41) is 8.52. The van der Waals surface area contributed by atoms with Gasteiger partial charge in [-0.2, -0.15) is 10.2 Å². The molecule has 92 valence electrons. The lowest BCUT2D eigenvalue weighted by molar-refractivity contribution is 0.0519. The van der Waals surface area contributed by atoms with E-state index in [1.807, 2.05) is 13.0 Å². The summed E-state index contributed by atoms with van der Waals surface area (Å²) in [6.07, 6.45) is 1.65. The lowest BCUT2D eigenvalue weighted by atomic mass is 10.4. The van der Waals surface area contributed by atoms with Crippen LogP contribution in [0.3, 0.4) is 0 Å². The van der Waals surface area contributed by atoms with E-state index in [1.165, 1.54) is 6.26 Å². The van der Waals surface area contributed by atoms with Crippen LogP contribution in [-0.4, -0.2) is 30.6 Å². The monoisotopic (exact) mass is 237 g/mol. The number of esters is 1. The number of aromatic nitrogens is 1. The first-order chi connectivity index (χ1) is 8.22. The Labute approximate surface area is 99.8 Å². The van der Waals surface area contributed by atoms with Crippen LogP contribution in [0.25, 0.3) is 0 Å². The number of hydrogen-bond acceptors (Lipinski definition) is 6. The Morgan fingerprint density at radius 1 is 1.65 bits per heavy atom. The number of carbonyl (C=O) groups excluding carboxylic acids is 1. The van der Waals surface area contributed by atoms with Crippen molar-refractivity contribution in [3.05, 3.63) is 12.0 Å². The van der Waals surface area contributed by atoms with E-state index in [-0.39, 0.29) is 5.69 Å². The maximum absolute atomic E-state index is 11.4. The number of hydrogen-bond donors (Lipinski definition) is 0. The Bertz CT molecular complexity index is 408. The van der Waals surface area contributed by atoms with E-state index < -0.39 is 5.97 Å². The van der Waals surface area contributed by atoms with Gasteiger partial charge < -0.3 is 14.1 Å². The van der Waals surface area contributed by atoms with Gasteiger partial charge in [-0.1, -0.05) is 0 Å². The molecule has 1 aromatic rings. The molecular formula is C11H15N3O3. The molecule has 0 saturated carbocycles. The fraction of sp³-hybridized carbons (Fsp3) is 0.545. The summed E-state index contributed by atoms with van der Waals surface area (Å²) in [5.74, 6) is -0.501. The van der Waals surface area contributed by atoms with Crippen LogP contribution in [0.2, 0.25) is 0 Å². The van der Waals surface area contributed by atoms with Crippen LogP contribution in [0.15, 0.2) is 10.7 Å². The normalized spacial score (nSPS) is 9.71. The molecule has 0 aliphatic carbocycles. The Morgan fingerprint density at radius 3 is 3.00 bits per heavy atom. The highest BCUT2D eigenvalue weighted by Crippen LogP contribution is 2.14. The second kappa shape index (κ2) is 6.53. The molecule has 0 N–H and O–H groups in total. The van der Waals surface area contributed by atoms with Crippen molar-refractivity contribution >= 4 is 12.0 Å². The van der Waals surface area contributed by atoms with Crippen LogP contribution in [0.5, 0.6) is 0 Å². The fourth-order valence-electron chi connectivity index (χ4n) is 1.28. The minimum atomic E-state index is -0.501. The number of anilines is 1. The minimum absolute atomic E-state index is 0.150. The Kier molecular flexibility index (Phi) is 5.01. The van der Waals surface area contributed by atoms with Gasteiger partial charge in [-0.3, -0.25) is 0 Å². The summed E-state index contributed by atoms with van der Waals surface area (Å²) in [5.41, 5.74) is 0.150. The molecule has 0 radical (unpaired) electrons. The zero-order valence-electron chi connectivity index (χ0n) is 9.97. The van der Waals surface area contributed by atoms with Gasteiger partial charge in [0.25, 0.3) is 6.01 Å². The molecular weight excluding hydrogens is 222 g/mol. The average molecular weight is 237 g/mol. The number of ether oxygens (including phenoxy) is 1. The van der Waals surface area contributed by atoms with Gasteiger partial charge >= 0.3 is 5.97 Å². The summed E-state index contributed by atoms with van der Waals surface area (Å²) in [7, 11) is 0. The van der Waals surface area contributed by atoms with Gasteiger partial charge in [0.15, 0.2) is 5.69 Å². The Morgan fingerprint density at radius 2 is 2.41 bits per heavy atom. The van der Waals surface area contributed by atoms with E-state index in [0.717, 1.165) is 0 Å². The maximum Gasteiger partial charge on any atom is 0.360 e. The Hall–Kier alpha value is -2.03. The lowest BCUT2D eigenvalue weighted by Crippen LogP contribution is -2.24. The summed E-state index contributed by atoms with van der Waals surface area (Å²) in [4.78, 5) is 17.2. The second-order valence-corrected chi connectivity index (χ2v) is 3.22. The van der Waals surface area contributed by atoms with Crippen molar-refractivity contribution < 1.29 is 13.9 Å². The highest BCUT2D eigenvalue weighted by Gasteiger charge is 2.16. The smallest absolute Gasteiger partial charge is 0.360 e. The molecule has 0 spiro atoms. The lowest BCUT2D eigenvalue weighted by Gasteiger charge is -2.15. The number of oxazole rings is 1. The third-order valence-corrected chi connectivity index (χ3v) is 2.12. The van der Waals surface area contributed by atoms with E-state index in [9.17, 15) is 4.79 Å². The van der Waals surface area contributed by atoms with E-state index >= 15 is 0 Å². The molecule has 17 heavy (non-hydrogen) atoms. The molecule has 6 heteroatoms. The summed E-state index contributed by atoms with van der Waals surface area (Å²) in [6, 6.07) is 2.39. The molecule has 0 amide bonds. The van der Waals surface area contributed by atoms with Gasteiger partial charge in [0.2, 0.25) is 0 Å². The van der Waals surface area contributed by atoms with Crippen LogP contribution in [0.1, 0.15) is 30.8 Å². The molecule has 0 bridgehead atoms. The van der Waals surface area contributed by atoms with Crippen molar-refractivity contribution in [1.29, 1.82) is 5.26 Å². The predicted molar refractivity (Wildman–Crippen MR) is 60.6 cm³/mol. The molecule has 0 saturated heterocycles. The van der Waals surface area contributed by atoms with Gasteiger partial charge in [0.1, 0.15) is 6.26 Å². The minimum Gasteiger partial charge on any atom is -0.461 e. The van der Waals surface area contributed by atoms with Gasteiger partial charge in [-0.05, 0) is 13.8 Å². The quantitative estimate of drug-likeness (QED) is 0.699. The van der Waals surface area contributed by atoms with Gasteiger partial charge in [0, 0.05) is 13.1 Å². The molecule has 0 atom stereocenters. The summed E-state index contributed by atoms with van der Waals surface area (Å²) >= 11 is 0. The summed E-state index contributed by atoms with van der Waals surface area (Å²) < 4.78 is 9.99. The van der Waals surface area contributed by atoms with Gasteiger partial charge in [-0.15, -0.1) is 0 Å². The SMILES string of the molecule is CCOC(=O)c1coc(N(CC)CCC#N)n1. The van der Waals surface area contributed by atoms with E-state index in [1.54, 1.807) is 11.8 Å². The Balaban J connectivity index is 2.71. The zero-order chi connectivity index (χ0) is 12.7. The molecule has 0 fully saturated rings. The topological polar surface area (TPSA) is 79.4 Å². The molecule has 0 aromatic carbocycles.